The van der Waals surface area contributed by atoms with Crippen molar-refractivity contribution < 1.29 is 48.7 Å². The lowest BCUT2D eigenvalue weighted by Gasteiger charge is -2.32. The molecule has 4 aromatic carbocycles. The van der Waals surface area contributed by atoms with Crippen molar-refractivity contribution in [3.63, 3.8) is 0 Å². The third-order valence-corrected chi connectivity index (χ3v) is 9.05. The molecule has 244 valence electrons. The van der Waals surface area contributed by atoms with Gasteiger partial charge in [-0.1, -0.05) is 29.8 Å². The van der Waals surface area contributed by atoms with Crippen LogP contribution in [0.25, 0.3) is 0 Å². The van der Waals surface area contributed by atoms with Crippen LogP contribution >= 0.6 is 11.6 Å². The summed E-state index contributed by atoms with van der Waals surface area (Å²) < 4.78 is 132. The van der Waals surface area contributed by atoms with Gasteiger partial charge >= 0.3 is 0 Å². The van der Waals surface area contributed by atoms with Gasteiger partial charge in [0, 0.05) is 30.2 Å². The summed E-state index contributed by atoms with van der Waals surface area (Å²) in [5.41, 5.74) is -1.95. The summed E-state index contributed by atoms with van der Waals surface area (Å²) in [5.74, 6) is -14.7. The minimum Gasteiger partial charge on any atom is -0.493 e. The number of rotatable bonds is 11. The summed E-state index contributed by atoms with van der Waals surface area (Å²) in [6.07, 6.45) is -0.00827. The Kier molecular flexibility index (Phi) is 10.5. The van der Waals surface area contributed by atoms with Crippen LogP contribution in [0.1, 0.15) is 35.3 Å². The van der Waals surface area contributed by atoms with Crippen molar-refractivity contribution in [3.05, 3.63) is 124 Å². The molecule has 1 unspecified atom stereocenters. The summed E-state index contributed by atoms with van der Waals surface area (Å²) in [6.45, 7) is 1.01. The first-order valence-corrected chi connectivity index (χ1v) is 15.2. The molecule has 1 atom stereocenters. The van der Waals surface area contributed by atoms with E-state index < -0.39 is 73.9 Å². The van der Waals surface area contributed by atoms with E-state index >= 15 is 4.39 Å². The maximum absolute atomic E-state index is 15.1. The van der Waals surface area contributed by atoms with Crippen LogP contribution in [0.5, 0.6) is 5.75 Å². The highest BCUT2D eigenvalue weighted by Gasteiger charge is 2.34. The van der Waals surface area contributed by atoms with Gasteiger partial charge in [-0.3, -0.25) is 9.10 Å². The highest BCUT2D eigenvalue weighted by molar-refractivity contribution is 7.92. The Labute approximate surface area is 264 Å². The maximum Gasteiger partial charge on any atom is 0.264 e. The average molecular weight is 689 g/mol. The zero-order chi connectivity index (χ0) is 33.9. The molecule has 0 radical (unpaired) electrons. The number of sulfonamides is 1. The first-order chi connectivity index (χ1) is 21.7. The summed E-state index contributed by atoms with van der Waals surface area (Å²) in [7, 11) is -3.45. The van der Waals surface area contributed by atoms with Crippen LogP contribution in [-0.2, 0) is 10.0 Å². The normalized spacial score (nSPS) is 12.1. The molecule has 0 fully saturated rings. The van der Waals surface area contributed by atoms with Gasteiger partial charge in [0.15, 0.2) is 23.3 Å². The number of benzene rings is 4. The standard InChI is InChI=1S/C31H24ClF7N2O4S/c1-17(41(23-16-19(33)10-13-22(23)34)46(43,44)20-11-8-18(32)9-12-20)21-6-3-4-7-24(21)45-15-5-14-40(2)31(42)25-26(35)28(37)30(39)29(38)27(25)36/h3-4,6-13,16-17H,5,14-15H2,1-2H3. The summed E-state index contributed by atoms with van der Waals surface area (Å²) in [4.78, 5) is 13.0. The number of carbonyl (C=O) groups excluding carboxylic acids is 1. The molecule has 0 saturated carbocycles. The van der Waals surface area contributed by atoms with Crippen molar-refractivity contribution in [2.45, 2.75) is 24.3 Å². The molecule has 4 aromatic rings. The van der Waals surface area contributed by atoms with Gasteiger partial charge in [-0.2, -0.15) is 0 Å². The van der Waals surface area contributed by atoms with Crippen molar-refractivity contribution in [3.8, 4) is 5.75 Å². The molecule has 0 spiro atoms. The lowest BCUT2D eigenvalue weighted by molar-refractivity contribution is 0.0774. The highest BCUT2D eigenvalue weighted by Crippen LogP contribution is 2.38. The Morgan fingerprint density at radius 3 is 2.07 bits per heavy atom. The summed E-state index contributed by atoms with van der Waals surface area (Å²) in [6, 6.07) is 12.3. The number of nitrogens with zero attached hydrogens (tertiary/aromatic N) is 2. The Morgan fingerprint density at radius 1 is 0.848 bits per heavy atom. The van der Waals surface area contributed by atoms with Crippen molar-refractivity contribution in [1.82, 2.24) is 4.90 Å². The lowest BCUT2D eigenvalue weighted by atomic mass is 10.1. The van der Waals surface area contributed by atoms with Crippen LogP contribution in [-0.4, -0.2) is 39.4 Å². The van der Waals surface area contributed by atoms with Gasteiger partial charge in [0.2, 0.25) is 5.82 Å². The smallest absolute Gasteiger partial charge is 0.264 e. The molecule has 0 aliphatic rings. The highest BCUT2D eigenvalue weighted by atomic mass is 35.5. The number of halogens is 8. The Hall–Kier alpha value is -4.30. The molecule has 15 heteroatoms. The number of hydrogen-bond donors (Lipinski definition) is 0. The first-order valence-electron chi connectivity index (χ1n) is 13.4. The number of para-hydroxylation sites is 1. The second-order valence-corrected chi connectivity index (χ2v) is 12.2. The van der Waals surface area contributed by atoms with Crippen LogP contribution in [0.2, 0.25) is 5.02 Å². The van der Waals surface area contributed by atoms with Crippen molar-refractivity contribution in [1.29, 1.82) is 0 Å². The monoisotopic (exact) mass is 688 g/mol. The van der Waals surface area contributed by atoms with Gasteiger partial charge in [0.1, 0.15) is 22.9 Å². The molecule has 0 saturated heterocycles. The predicted molar refractivity (Wildman–Crippen MR) is 156 cm³/mol. The van der Waals surface area contributed by atoms with Gasteiger partial charge < -0.3 is 9.64 Å². The minimum absolute atomic E-state index is 0.00827. The number of carbonyl (C=O) groups is 1. The van der Waals surface area contributed by atoms with E-state index in [0.29, 0.717) is 4.31 Å². The molecule has 0 N–H and O–H groups in total. The van der Waals surface area contributed by atoms with E-state index in [0.717, 1.165) is 30.1 Å². The van der Waals surface area contributed by atoms with E-state index in [1.54, 1.807) is 12.1 Å². The zero-order valence-electron chi connectivity index (χ0n) is 24.0. The van der Waals surface area contributed by atoms with E-state index in [1.165, 1.54) is 43.3 Å². The van der Waals surface area contributed by atoms with Gasteiger partial charge in [-0.05, 0) is 55.8 Å². The second kappa shape index (κ2) is 14.0. The fraction of sp³-hybridized carbons (Fsp3) is 0.194. The minimum atomic E-state index is -4.53. The quantitative estimate of drug-likeness (QED) is 0.0698. The molecular formula is C31H24ClF7N2O4S. The van der Waals surface area contributed by atoms with E-state index in [2.05, 4.69) is 0 Å². The zero-order valence-corrected chi connectivity index (χ0v) is 25.6. The Morgan fingerprint density at radius 2 is 1.43 bits per heavy atom. The van der Waals surface area contributed by atoms with E-state index in [-0.39, 0.29) is 40.8 Å². The van der Waals surface area contributed by atoms with E-state index in [9.17, 15) is 39.6 Å². The summed E-state index contributed by atoms with van der Waals surface area (Å²) >= 11 is 5.91. The topological polar surface area (TPSA) is 66.9 Å². The Balaban J connectivity index is 1.57. The van der Waals surface area contributed by atoms with Crippen molar-refractivity contribution in [2.24, 2.45) is 0 Å². The third kappa shape index (κ3) is 6.92. The van der Waals surface area contributed by atoms with Crippen LogP contribution in [0.3, 0.4) is 0 Å². The predicted octanol–water partition coefficient (Wildman–Crippen LogP) is 7.81. The molecule has 0 bridgehead atoms. The van der Waals surface area contributed by atoms with Crippen LogP contribution in [0.15, 0.2) is 71.6 Å². The number of ether oxygens (including phenoxy) is 1. The van der Waals surface area contributed by atoms with Crippen LogP contribution in [0.4, 0.5) is 36.4 Å². The van der Waals surface area contributed by atoms with Gasteiger partial charge in [-0.25, -0.2) is 39.2 Å². The fourth-order valence-corrected chi connectivity index (χ4v) is 6.34. The molecule has 6 nitrogen and oxygen atoms in total. The third-order valence-electron chi connectivity index (χ3n) is 6.90. The first kappa shape index (κ1) is 34.6. The van der Waals surface area contributed by atoms with Crippen LogP contribution in [0, 0.1) is 40.7 Å². The van der Waals surface area contributed by atoms with Crippen molar-refractivity contribution in [2.75, 3.05) is 24.5 Å². The fourth-order valence-electron chi connectivity index (χ4n) is 4.57. The lowest BCUT2D eigenvalue weighted by Crippen LogP contribution is -2.34. The molecule has 0 aromatic heterocycles. The number of amides is 1. The maximum atomic E-state index is 15.1. The van der Waals surface area contributed by atoms with Gasteiger partial charge in [0.05, 0.1) is 23.2 Å². The molecule has 0 aliphatic heterocycles. The van der Waals surface area contributed by atoms with Gasteiger partial charge in [0.25, 0.3) is 15.9 Å². The van der Waals surface area contributed by atoms with E-state index in [4.69, 9.17) is 16.3 Å². The Bertz CT molecular complexity index is 1850. The molecule has 0 aliphatic carbocycles. The van der Waals surface area contributed by atoms with Crippen molar-refractivity contribution >= 4 is 33.2 Å². The molecule has 0 heterocycles. The molecule has 4 rings (SSSR count). The second-order valence-electron chi connectivity index (χ2n) is 9.94. The summed E-state index contributed by atoms with van der Waals surface area (Å²) in [5, 5.41) is 0.244. The SMILES string of the molecule is CC(c1ccccc1OCCCN(C)C(=O)c1c(F)c(F)c(F)c(F)c1F)N(c1cc(F)ccc1F)S(=O)(=O)c1ccc(Cl)cc1. The largest absolute Gasteiger partial charge is 0.493 e. The molecule has 46 heavy (non-hydrogen) atoms. The van der Waals surface area contributed by atoms with Crippen LogP contribution < -0.4 is 9.04 Å². The number of anilines is 1. The van der Waals surface area contributed by atoms with Gasteiger partial charge in [-0.15, -0.1) is 0 Å². The van der Waals surface area contributed by atoms with E-state index in [1.807, 2.05) is 0 Å². The molecular weight excluding hydrogens is 665 g/mol. The average Bonchev–Trinajstić information content (AvgIpc) is 3.03. The number of hydrogen-bond acceptors (Lipinski definition) is 4. The molecule has 1 amide bonds.